The van der Waals surface area contributed by atoms with Gasteiger partial charge in [-0.05, 0) is 25.3 Å². The number of rotatable bonds is 2. The Kier molecular flexibility index (Phi) is 3.69. The van der Waals surface area contributed by atoms with Crippen LogP contribution in [0.4, 0.5) is 0 Å². The minimum absolute atomic E-state index is 0.0519. The van der Waals surface area contributed by atoms with Gasteiger partial charge in [-0.2, -0.15) is 0 Å². The summed E-state index contributed by atoms with van der Waals surface area (Å²) in [7, 11) is 0. The largest absolute Gasteiger partial charge is 0.357 e. The molecule has 1 saturated heterocycles. The van der Waals surface area contributed by atoms with Crippen LogP contribution in [-0.2, 0) is 0 Å². The number of carbonyl (C=O) groups excluding carboxylic acids is 1. The van der Waals surface area contributed by atoms with Gasteiger partial charge in [-0.25, -0.2) is 9.97 Å². The molecule has 0 unspecified atom stereocenters. The number of halogens is 1. The third-order valence-corrected chi connectivity index (χ3v) is 3.69. The SMILES string of the molecule is O=C(c1cc(-c2cc(Cl)ncn2)c[nH]1)N1CCCCC1. The number of likely N-dealkylation sites (tertiary alicyclic amines) is 1. The van der Waals surface area contributed by atoms with Crippen molar-refractivity contribution in [1.29, 1.82) is 0 Å². The van der Waals surface area contributed by atoms with Gasteiger partial charge in [0.05, 0.1) is 5.69 Å². The first-order valence-corrected chi connectivity index (χ1v) is 7.07. The van der Waals surface area contributed by atoms with E-state index in [1.54, 1.807) is 12.3 Å². The molecule has 0 aromatic carbocycles. The molecule has 1 amide bonds. The van der Waals surface area contributed by atoms with Gasteiger partial charge in [-0.1, -0.05) is 11.6 Å². The fraction of sp³-hybridized carbons (Fsp3) is 0.357. The fourth-order valence-electron chi connectivity index (χ4n) is 2.42. The second kappa shape index (κ2) is 5.63. The first-order chi connectivity index (χ1) is 9.74. The summed E-state index contributed by atoms with van der Waals surface area (Å²) >= 11 is 5.85. The first-order valence-electron chi connectivity index (χ1n) is 6.69. The molecule has 6 heteroatoms. The maximum atomic E-state index is 12.3. The molecule has 1 aliphatic heterocycles. The first kappa shape index (κ1) is 13.1. The molecule has 2 aromatic heterocycles. The number of nitrogens with zero attached hydrogens (tertiary/aromatic N) is 3. The molecule has 3 heterocycles. The van der Waals surface area contributed by atoms with Gasteiger partial charge in [-0.15, -0.1) is 0 Å². The average molecular weight is 291 g/mol. The maximum absolute atomic E-state index is 12.3. The van der Waals surface area contributed by atoms with Crippen molar-refractivity contribution in [1.82, 2.24) is 19.9 Å². The molecule has 0 saturated carbocycles. The molecular formula is C14H15ClN4O. The van der Waals surface area contributed by atoms with Crippen LogP contribution in [-0.4, -0.2) is 38.8 Å². The highest BCUT2D eigenvalue weighted by atomic mass is 35.5. The standard InChI is InChI=1S/C14H15ClN4O/c15-13-7-11(17-9-18-13)10-6-12(16-8-10)14(20)19-4-2-1-3-5-19/h6-9,16H,1-5H2. The van der Waals surface area contributed by atoms with Crippen LogP contribution in [0, 0.1) is 0 Å². The number of amides is 1. The van der Waals surface area contributed by atoms with E-state index in [-0.39, 0.29) is 5.91 Å². The minimum atomic E-state index is 0.0519. The number of piperidine rings is 1. The molecule has 2 aromatic rings. The molecule has 20 heavy (non-hydrogen) atoms. The lowest BCUT2D eigenvalue weighted by Gasteiger charge is -2.26. The molecule has 0 aliphatic carbocycles. The number of aromatic amines is 1. The zero-order valence-electron chi connectivity index (χ0n) is 11.0. The summed E-state index contributed by atoms with van der Waals surface area (Å²) in [5.74, 6) is 0.0519. The maximum Gasteiger partial charge on any atom is 0.270 e. The van der Waals surface area contributed by atoms with Crippen LogP contribution in [0.3, 0.4) is 0 Å². The molecule has 3 rings (SSSR count). The van der Waals surface area contributed by atoms with Crippen molar-refractivity contribution < 1.29 is 4.79 Å². The highest BCUT2D eigenvalue weighted by Crippen LogP contribution is 2.21. The Morgan fingerprint density at radius 2 is 2.00 bits per heavy atom. The second-order valence-electron chi connectivity index (χ2n) is 4.88. The Labute approximate surface area is 122 Å². The van der Waals surface area contributed by atoms with Gasteiger partial charge in [0.2, 0.25) is 0 Å². The summed E-state index contributed by atoms with van der Waals surface area (Å²) in [5, 5.41) is 0.389. The zero-order valence-corrected chi connectivity index (χ0v) is 11.7. The molecule has 0 atom stereocenters. The summed E-state index contributed by atoms with van der Waals surface area (Å²) < 4.78 is 0. The third kappa shape index (κ3) is 2.67. The average Bonchev–Trinajstić information content (AvgIpc) is 2.97. The van der Waals surface area contributed by atoms with E-state index in [1.807, 2.05) is 11.0 Å². The second-order valence-corrected chi connectivity index (χ2v) is 5.27. The number of hydrogen-bond acceptors (Lipinski definition) is 3. The van der Waals surface area contributed by atoms with E-state index in [0.29, 0.717) is 16.5 Å². The zero-order chi connectivity index (χ0) is 13.9. The molecule has 104 valence electrons. The van der Waals surface area contributed by atoms with Gasteiger partial charge in [0.25, 0.3) is 5.91 Å². The molecule has 0 radical (unpaired) electrons. The molecule has 0 spiro atoms. The minimum Gasteiger partial charge on any atom is -0.357 e. The van der Waals surface area contributed by atoms with Crippen LogP contribution in [0.25, 0.3) is 11.3 Å². The Hall–Kier alpha value is -1.88. The van der Waals surface area contributed by atoms with Gasteiger partial charge in [0, 0.05) is 30.9 Å². The van der Waals surface area contributed by atoms with Crippen molar-refractivity contribution >= 4 is 17.5 Å². The molecule has 1 fully saturated rings. The van der Waals surface area contributed by atoms with E-state index < -0.39 is 0 Å². The predicted molar refractivity (Wildman–Crippen MR) is 76.6 cm³/mol. The van der Waals surface area contributed by atoms with Gasteiger partial charge in [0.1, 0.15) is 17.2 Å². The third-order valence-electron chi connectivity index (χ3n) is 3.49. The number of aromatic nitrogens is 3. The van der Waals surface area contributed by atoms with Crippen LogP contribution in [0.5, 0.6) is 0 Å². The molecule has 1 N–H and O–H groups in total. The van der Waals surface area contributed by atoms with E-state index in [0.717, 1.165) is 31.5 Å². The lowest BCUT2D eigenvalue weighted by atomic mass is 10.1. The molecule has 5 nitrogen and oxygen atoms in total. The summed E-state index contributed by atoms with van der Waals surface area (Å²) in [6, 6.07) is 3.50. The van der Waals surface area contributed by atoms with Crippen molar-refractivity contribution in [2.45, 2.75) is 19.3 Å². The van der Waals surface area contributed by atoms with E-state index in [9.17, 15) is 4.79 Å². The predicted octanol–water partition coefficient (Wildman–Crippen LogP) is 2.75. The van der Waals surface area contributed by atoms with Gasteiger partial charge >= 0.3 is 0 Å². The highest BCUT2D eigenvalue weighted by molar-refractivity contribution is 6.29. The number of nitrogens with one attached hydrogen (secondary N) is 1. The monoisotopic (exact) mass is 290 g/mol. The van der Waals surface area contributed by atoms with Gasteiger partial charge in [-0.3, -0.25) is 4.79 Å². The van der Waals surface area contributed by atoms with E-state index in [2.05, 4.69) is 15.0 Å². The number of H-pyrrole nitrogens is 1. The summed E-state index contributed by atoms with van der Waals surface area (Å²) in [4.78, 5) is 25.3. The van der Waals surface area contributed by atoms with Crippen molar-refractivity contribution in [3.63, 3.8) is 0 Å². The number of carbonyl (C=O) groups is 1. The van der Waals surface area contributed by atoms with Crippen LogP contribution < -0.4 is 0 Å². The van der Waals surface area contributed by atoms with Crippen LogP contribution in [0.15, 0.2) is 24.7 Å². The Balaban J connectivity index is 1.81. The normalized spacial score (nSPS) is 15.3. The smallest absolute Gasteiger partial charge is 0.270 e. The fourth-order valence-corrected chi connectivity index (χ4v) is 2.57. The van der Waals surface area contributed by atoms with Crippen molar-refractivity contribution in [3.05, 3.63) is 35.5 Å². The molecule has 1 aliphatic rings. The molecular weight excluding hydrogens is 276 g/mol. The topological polar surface area (TPSA) is 61.9 Å². The summed E-state index contributed by atoms with van der Waals surface area (Å²) in [6.45, 7) is 1.68. The Morgan fingerprint density at radius 3 is 2.75 bits per heavy atom. The van der Waals surface area contributed by atoms with E-state index in [4.69, 9.17) is 11.6 Å². The lowest BCUT2D eigenvalue weighted by molar-refractivity contribution is 0.0719. The van der Waals surface area contributed by atoms with E-state index >= 15 is 0 Å². The van der Waals surface area contributed by atoms with Crippen molar-refractivity contribution in [2.75, 3.05) is 13.1 Å². The van der Waals surface area contributed by atoms with Crippen LogP contribution in [0.2, 0.25) is 5.15 Å². The van der Waals surface area contributed by atoms with Crippen molar-refractivity contribution in [3.8, 4) is 11.3 Å². The Bertz CT molecular complexity index is 619. The quantitative estimate of drug-likeness (QED) is 0.865. The van der Waals surface area contributed by atoms with Crippen LogP contribution >= 0.6 is 11.6 Å². The summed E-state index contributed by atoms with van der Waals surface area (Å²) in [5.41, 5.74) is 2.14. The van der Waals surface area contributed by atoms with Crippen LogP contribution in [0.1, 0.15) is 29.8 Å². The lowest BCUT2D eigenvalue weighted by Crippen LogP contribution is -2.35. The van der Waals surface area contributed by atoms with Crippen molar-refractivity contribution in [2.24, 2.45) is 0 Å². The molecule has 0 bridgehead atoms. The highest BCUT2D eigenvalue weighted by Gasteiger charge is 2.19. The Morgan fingerprint density at radius 1 is 1.20 bits per heavy atom. The van der Waals surface area contributed by atoms with E-state index in [1.165, 1.54) is 12.7 Å². The van der Waals surface area contributed by atoms with Gasteiger partial charge in [0.15, 0.2) is 0 Å². The number of hydrogen-bond donors (Lipinski definition) is 1. The van der Waals surface area contributed by atoms with Gasteiger partial charge < -0.3 is 9.88 Å². The summed E-state index contributed by atoms with van der Waals surface area (Å²) in [6.07, 6.45) is 6.56.